The van der Waals surface area contributed by atoms with Gasteiger partial charge in [0.05, 0.1) is 0 Å². The summed E-state index contributed by atoms with van der Waals surface area (Å²) in [4.78, 5) is 17.1. The van der Waals surface area contributed by atoms with Gasteiger partial charge in [0.1, 0.15) is 0 Å². The number of carbonyl (C=O) groups is 1. The summed E-state index contributed by atoms with van der Waals surface area (Å²) >= 11 is 0. The Balaban J connectivity index is 0.00000225. The summed E-state index contributed by atoms with van der Waals surface area (Å²) in [5.41, 5.74) is 6.10. The van der Waals surface area contributed by atoms with E-state index in [4.69, 9.17) is 5.73 Å². The van der Waals surface area contributed by atoms with Gasteiger partial charge in [-0.2, -0.15) is 5.10 Å². The van der Waals surface area contributed by atoms with Crippen molar-refractivity contribution in [1.82, 2.24) is 15.1 Å². The van der Waals surface area contributed by atoms with Crippen molar-refractivity contribution < 1.29 is 4.79 Å². The molecule has 0 spiro atoms. The van der Waals surface area contributed by atoms with E-state index in [0.717, 1.165) is 51.3 Å². The monoisotopic (exact) mass is 367 g/mol. The number of halogens is 1. The standard InChI is InChI=1S/C18H29N5O.ClH/c19-15-18(7-2-1-3-8-18)14-17(24)23-11-5-10-22(12-13-23)16-6-4-9-20-21-16;/h4,6,9H,1-3,5,7-8,10-15,19H2;1H. The Morgan fingerprint density at radius 3 is 2.60 bits per heavy atom. The third kappa shape index (κ3) is 5.05. The number of amides is 1. The van der Waals surface area contributed by atoms with E-state index in [-0.39, 0.29) is 23.7 Å². The lowest BCUT2D eigenvalue weighted by molar-refractivity contribution is -0.134. The number of carbonyl (C=O) groups excluding carboxylic acids is 1. The van der Waals surface area contributed by atoms with Crippen LogP contribution in [0.2, 0.25) is 0 Å². The van der Waals surface area contributed by atoms with Crippen molar-refractivity contribution in [2.24, 2.45) is 11.1 Å². The predicted octanol–water partition coefficient (Wildman–Crippen LogP) is 2.24. The fourth-order valence-electron chi connectivity index (χ4n) is 4.05. The molecule has 140 valence electrons. The molecule has 2 N–H and O–H groups in total. The minimum Gasteiger partial charge on any atom is -0.353 e. The van der Waals surface area contributed by atoms with Crippen molar-refractivity contribution in [2.75, 3.05) is 37.6 Å². The highest BCUT2D eigenvalue weighted by Gasteiger charge is 2.34. The lowest BCUT2D eigenvalue weighted by atomic mass is 9.71. The van der Waals surface area contributed by atoms with Gasteiger partial charge < -0.3 is 15.5 Å². The smallest absolute Gasteiger partial charge is 0.223 e. The molecule has 1 saturated heterocycles. The summed E-state index contributed by atoms with van der Waals surface area (Å²) in [6.45, 7) is 3.97. The van der Waals surface area contributed by atoms with Gasteiger partial charge >= 0.3 is 0 Å². The normalized spacial score (nSPS) is 20.5. The molecule has 1 aromatic rings. The highest BCUT2D eigenvalue weighted by atomic mass is 35.5. The third-order valence-electron chi connectivity index (χ3n) is 5.60. The van der Waals surface area contributed by atoms with Crippen LogP contribution >= 0.6 is 12.4 Å². The molecular formula is C18H30ClN5O. The first kappa shape index (κ1) is 19.9. The zero-order chi connectivity index (χ0) is 16.8. The average molecular weight is 368 g/mol. The van der Waals surface area contributed by atoms with Gasteiger partial charge in [0.2, 0.25) is 5.91 Å². The van der Waals surface area contributed by atoms with Crippen LogP contribution in [0.3, 0.4) is 0 Å². The quantitative estimate of drug-likeness (QED) is 0.883. The maximum atomic E-state index is 12.9. The van der Waals surface area contributed by atoms with Crippen LogP contribution in [0.5, 0.6) is 0 Å². The molecule has 1 aliphatic carbocycles. The summed E-state index contributed by atoms with van der Waals surface area (Å²) in [7, 11) is 0. The number of aromatic nitrogens is 2. The molecule has 7 heteroatoms. The Kier molecular flexibility index (Phi) is 7.44. The van der Waals surface area contributed by atoms with Gasteiger partial charge in [-0.25, -0.2) is 0 Å². The molecule has 0 aromatic carbocycles. The Morgan fingerprint density at radius 2 is 1.92 bits per heavy atom. The van der Waals surface area contributed by atoms with Gasteiger partial charge in [0.25, 0.3) is 0 Å². The summed E-state index contributed by atoms with van der Waals surface area (Å²) in [5, 5.41) is 8.14. The molecule has 1 saturated carbocycles. The van der Waals surface area contributed by atoms with Crippen LogP contribution in [0.25, 0.3) is 0 Å². The highest BCUT2D eigenvalue weighted by Crippen LogP contribution is 2.38. The zero-order valence-corrected chi connectivity index (χ0v) is 15.7. The van der Waals surface area contributed by atoms with Crippen molar-refractivity contribution in [3.63, 3.8) is 0 Å². The van der Waals surface area contributed by atoms with Crippen LogP contribution in [0.15, 0.2) is 18.3 Å². The van der Waals surface area contributed by atoms with Crippen LogP contribution in [-0.2, 0) is 4.79 Å². The molecule has 2 heterocycles. The van der Waals surface area contributed by atoms with E-state index >= 15 is 0 Å². The second-order valence-corrected chi connectivity index (χ2v) is 7.24. The van der Waals surface area contributed by atoms with Gasteiger partial charge in [-0.05, 0) is 43.4 Å². The van der Waals surface area contributed by atoms with Crippen LogP contribution in [-0.4, -0.2) is 53.7 Å². The maximum Gasteiger partial charge on any atom is 0.223 e. The van der Waals surface area contributed by atoms with E-state index in [9.17, 15) is 4.79 Å². The average Bonchev–Trinajstić information content (AvgIpc) is 2.89. The largest absolute Gasteiger partial charge is 0.353 e. The van der Waals surface area contributed by atoms with Gasteiger partial charge in [-0.1, -0.05) is 19.3 Å². The Hall–Kier alpha value is -1.40. The zero-order valence-electron chi connectivity index (χ0n) is 14.9. The molecule has 1 aromatic heterocycles. The number of hydrogen-bond acceptors (Lipinski definition) is 5. The maximum absolute atomic E-state index is 12.9. The summed E-state index contributed by atoms with van der Waals surface area (Å²) in [6.07, 6.45) is 9.20. The second-order valence-electron chi connectivity index (χ2n) is 7.24. The Morgan fingerprint density at radius 1 is 1.12 bits per heavy atom. The molecule has 1 amide bonds. The third-order valence-corrected chi connectivity index (χ3v) is 5.60. The van der Waals surface area contributed by atoms with Crippen molar-refractivity contribution in [3.05, 3.63) is 18.3 Å². The molecule has 25 heavy (non-hydrogen) atoms. The molecule has 2 fully saturated rings. The molecule has 2 aliphatic rings. The molecule has 1 aliphatic heterocycles. The molecule has 6 nitrogen and oxygen atoms in total. The minimum absolute atomic E-state index is 0. The van der Waals surface area contributed by atoms with Gasteiger partial charge in [-0.3, -0.25) is 4.79 Å². The number of nitrogens with two attached hydrogens (primary N) is 1. The van der Waals surface area contributed by atoms with E-state index in [2.05, 4.69) is 15.1 Å². The lowest BCUT2D eigenvalue weighted by Gasteiger charge is -2.37. The van der Waals surface area contributed by atoms with Crippen LogP contribution in [0, 0.1) is 5.41 Å². The predicted molar refractivity (Wildman–Crippen MR) is 102 cm³/mol. The first-order valence-corrected chi connectivity index (χ1v) is 9.23. The number of anilines is 1. The Bertz CT molecular complexity index is 536. The van der Waals surface area contributed by atoms with Crippen LogP contribution < -0.4 is 10.6 Å². The van der Waals surface area contributed by atoms with Gasteiger partial charge in [0, 0.05) is 38.8 Å². The second kappa shape index (κ2) is 9.34. The molecule has 0 radical (unpaired) electrons. The van der Waals surface area contributed by atoms with Crippen molar-refractivity contribution in [3.8, 4) is 0 Å². The first-order valence-electron chi connectivity index (χ1n) is 9.23. The van der Waals surface area contributed by atoms with E-state index < -0.39 is 0 Å². The van der Waals surface area contributed by atoms with Crippen LogP contribution in [0.4, 0.5) is 5.82 Å². The van der Waals surface area contributed by atoms with E-state index in [0.29, 0.717) is 13.0 Å². The Labute approximate surface area is 156 Å². The summed E-state index contributed by atoms with van der Waals surface area (Å²) in [5.74, 6) is 1.18. The minimum atomic E-state index is 0. The molecule has 3 rings (SSSR count). The summed E-state index contributed by atoms with van der Waals surface area (Å²) < 4.78 is 0. The topological polar surface area (TPSA) is 75.4 Å². The van der Waals surface area contributed by atoms with Crippen molar-refractivity contribution >= 4 is 24.1 Å². The van der Waals surface area contributed by atoms with Gasteiger partial charge in [0.15, 0.2) is 5.82 Å². The number of hydrogen-bond donors (Lipinski definition) is 1. The highest BCUT2D eigenvalue weighted by molar-refractivity contribution is 5.85. The molecule has 0 bridgehead atoms. The van der Waals surface area contributed by atoms with Crippen LogP contribution in [0.1, 0.15) is 44.9 Å². The van der Waals surface area contributed by atoms with Gasteiger partial charge in [-0.15, -0.1) is 17.5 Å². The molecular weight excluding hydrogens is 338 g/mol. The first-order chi connectivity index (χ1) is 11.7. The van der Waals surface area contributed by atoms with E-state index in [1.54, 1.807) is 6.20 Å². The fraction of sp³-hybridized carbons (Fsp3) is 0.722. The molecule has 0 unspecified atom stereocenters. The van der Waals surface area contributed by atoms with E-state index in [1.165, 1.54) is 19.3 Å². The van der Waals surface area contributed by atoms with Crippen molar-refractivity contribution in [2.45, 2.75) is 44.9 Å². The molecule has 0 atom stereocenters. The number of nitrogens with zero attached hydrogens (tertiary/aromatic N) is 4. The lowest BCUT2D eigenvalue weighted by Crippen LogP contribution is -2.42. The fourth-order valence-corrected chi connectivity index (χ4v) is 4.05. The SMILES string of the molecule is Cl.NCC1(CC(=O)N2CCCN(c3cccnn3)CC2)CCCCC1. The van der Waals surface area contributed by atoms with E-state index in [1.807, 2.05) is 17.0 Å². The summed E-state index contributed by atoms with van der Waals surface area (Å²) in [6, 6.07) is 3.89. The number of rotatable bonds is 4. The van der Waals surface area contributed by atoms with Crippen molar-refractivity contribution in [1.29, 1.82) is 0 Å².